The number of sulfonamides is 2. The summed E-state index contributed by atoms with van der Waals surface area (Å²) >= 11 is 0. The van der Waals surface area contributed by atoms with Gasteiger partial charge in [0.2, 0.25) is 20.0 Å². The van der Waals surface area contributed by atoms with E-state index >= 15 is 0 Å². The van der Waals surface area contributed by atoms with Crippen LogP contribution in [-0.2, 0) is 31.2 Å². The maximum absolute atomic E-state index is 13.6. The second-order valence-electron chi connectivity index (χ2n) is 11.4. The molecule has 2 aliphatic heterocycles. The van der Waals surface area contributed by atoms with Gasteiger partial charge in [-0.25, -0.2) is 21.6 Å². The molecule has 2 fully saturated rings. The molecule has 2 aliphatic rings. The Bertz CT molecular complexity index is 1730. The van der Waals surface area contributed by atoms with Crippen molar-refractivity contribution < 1.29 is 31.4 Å². The fraction of sp³-hybridized carbons (Fsp3) is 0.406. The zero-order valence-electron chi connectivity index (χ0n) is 25.1. The monoisotopic (exact) mass is 654 g/mol. The van der Waals surface area contributed by atoms with Crippen LogP contribution in [0.3, 0.4) is 0 Å². The lowest BCUT2D eigenvalue weighted by Gasteiger charge is -2.38. The zero-order valence-corrected chi connectivity index (χ0v) is 26.7. The number of nitrogens with one attached hydrogen (secondary N) is 2. The predicted octanol–water partition coefficient (Wildman–Crippen LogP) is 2.67. The Morgan fingerprint density at radius 1 is 1.02 bits per heavy atom. The molecule has 3 aromatic rings. The minimum Gasteiger partial charge on any atom is -0.491 e. The van der Waals surface area contributed by atoms with Crippen molar-refractivity contribution in [2.24, 2.45) is 0 Å². The normalized spacial score (nSPS) is 19.3. The minimum atomic E-state index is -3.70. The van der Waals surface area contributed by atoms with Crippen LogP contribution in [0.4, 0.5) is 0 Å². The van der Waals surface area contributed by atoms with E-state index in [2.05, 4.69) is 16.1 Å². The van der Waals surface area contributed by atoms with Crippen molar-refractivity contribution in [2.75, 3.05) is 39.9 Å². The number of nitrogens with zero attached hydrogens (tertiary/aromatic N) is 2. The topological polar surface area (TPSA) is 158 Å². The smallest absolute Gasteiger partial charge is 0.243 e. The number of ether oxygens (including phenoxy) is 2. The molecule has 2 atom stereocenters. The van der Waals surface area contributed by atoms with Crippen LogP contribution in [0.2, 0.25) is 0 Å². The van der Waals surface area contributed by atoms with Gasteiger partial charge >= 0.3 is 0 Å². The van der Waals surface area contributed by atoms with Gasteiger partial charge in [-0.05, 0) is 67.3 Å². The van der Waals surface area contributed by atoms with E-state index in [1.54, 1.807) is 30.3 Å². The lowest BCUT2D eigenvalue weighted by molar-refractivity contribution is -0.0312. The first kappa shape index (κ1) is 33.0. The van der Waals surface area contributed by atoms with Gasteiger partial charge < -0.3 is 19.9 Å². The molecule has 0 radical (unpaired) electrons. The highest BCUT2D eigenvalue weighted by Crippen LogP contribution is 2.37. The first-order chi connectivity index (χ1) is 21.5. The van der Waals surface area contributed by atoms with Crippen molar-refractivity contribution in [3.63, 3.8) is 0 Å². The van der Waals surface area contributed by atoms with Crippen molar-refractivity contribution in [1.29, 1.82) is 5.26 Å². The molecule has 0 bridgehead atoms. The van der Waals surface area contributed by atoms with Crippen LogP contribution in [0.15, 0.2) is 82.6 Å². The summed E-state index contributed by atoms with van der Waals surface area (Å²) in [6.45, 7) is 1.40. The minimum absolute atomic E-state index is 0.00290. The van der Waals surface area contributed by atoms with Crippen molar-refractivity contribution in [3.05, 3.63) is 78.4 Å². The lowest BCUT2D eigenvalue weighted by Crippen LogP contribution is -2.47. The summed E-state index contributed by atoms with van der Waals surface area (Å²) in [7, 11) is -5.96. The molecule has 0 saturated carbocycles. The Morgan fingerprint density at radius 2 is 1.73 bits per heavy atom. The van der Waals surface area contributed by atoms with Crippen LogP contribution in [0.1, 0.15) is 24.8 Å². The van der Waals surface area contributed by atoms with Gasteiger partial charge in [0.15, 0.2) is 0 Å². The highest BCUT2D eigenvalue weighted by Gasteiger charge is 2.44. The van der Waals surface area contributed by atoms with Crippen molar-refractivity contribution in [2.45, 2.75) is 53.2 Å². The van der Waals surface area contributed by atoms with E-state index in [0.29, 0.717) is 51.1 Å². The average molecular weight is 655 g/mol. The molecule has 2 heterocycles. The molecular formula is C32H38N4O7S2. The number of hydrogen-bond acceptors (Lipinski definition) is 9. The van der Waals surface area contributed by atoms with Gasteiger partial charge in [-0.15, -0.1) is 0 Å². The molecule has 13 heteroatoms. The maximum Gasteiger partial charge on any atom is 0.243 e. The second-order valence-corrected chi connectivity index (χ2v) is 15.2. The zero-order chi connectivity index (χ0) is 32.1. The Hall–Kier alpha value is -3.35. The Morgan fingerprint density at radius 3 is 2.44 bits per heavy atom. The molecular weight excluding hydrogens is 617 g/mol. The van der Waals surface area contributed by atoms with E-state index < -0.39 is 31.8 Å². The molecule has 11 nitrogen and oxygen atoms in total. The van der Waals surface area contributed by atoms with Gasteiger partial charge in [-0.1, -0.05) is 42.5 Å². The molecule has 2 saturated heterocycles. The first-order valence-electron chi connectivity index (χ1n) is 14.8. The van der Waals surface area contributed by atoms with Crippen molar-refractivity contribution >= 4 is 20.0 Å². The van der Waals surface area contributed by atoms with E-state index in [0.717, 1.165) is 16.7 Å². The highest BCUT2D eigenvalue weighted by atomic mass is 32.2. The molecule has 5 rings (SSSR count). The molecule has 3 N–H and O–H groups in total. The lowest BCUT2D eigenvalue weighted by atomic mass is 9.88. The Labute approximate surface area is 264 Å². The van der Waals surface area contributed by atoms with E-state index in [1.165, 1.54) is 23.5 Å². The van der Waals surface area contributed by atoms with Gasteiger partial charge in [0.1, 0.15) is 18.5 Å². The fourth-order valence-electron chi connectivity index (χ4n) is 5.75. The molecule has 1 unspecified atom stereocenters. The second kappa shape index (κ2) is 14.0. The summed E-state index contributed by atoms with van der Waals surface area (Å²) in [5.41, 5.74) is 2.17. The summed E-state index contributed by atoms with van der Waals surface area (Å²) < 4.78 is 66.7. The maximum atomic E-state index is 13.6. The van der Waals surface area contributed by atoms with Gasteiger partial charge in [0.05, 0.1) is 34.5 Å². The average Bonchev–Trinajstić information content (AvgIpc) is 3.45. The molecule has 0 aromatic heterocycles. The number of benzene rings is 3. The van der Waals surface area contributed by atoms with Crippen LogP contribution in [0.25, 0.3) is 11.1 Å². The van der Waals surface area contributed by atoms with Crippen LogP contribution in [0, 0.1) is 11.3 Å². The molecule has 1 spiro atoms. The largest absolute Gasteiger partial charge is 0.491 e. The SMILES string of the molecule is CNS(=O)(=O)c1cccc(OCC(O)CN[C@@H]2COC3(CCN(S(=O)(=O)c4cccc(-c5ccc(CC#N)cc5)c4)CC3)C2)c1. The fourth-order valence-corrected chi connectivity index (χ4v) is 8.01. The van der Waals surface area contributed by atoms with Gasteiger partial charge in [-0.2, -0.15) is 9.57 Å². The first-order valence-corrected chi connectivity index (χ1v) is 17.7. The summed E-state index contributed by atoms with van der Waals surface area (Å²) in [4.78, 5) is 0.325. The van der Waals surface area contributed by atoms with Gasteiger partial charge in [0, 0.05) is 31.7 Å². The predicted molar refractivity (Wildman–Crippen MR) is 168 cm³/mol. The van der Waals surface area contributed by atoms with Crippen molar-refractivity contribution in [3.8, 4) is 22.9 Å². The molecule has 240 valence electrons. The summed E-state index contributed by atoms with van der Waals surface area (Å²) in [6.07, 6.45) is 1.34. The van der Waals surface area contributed by atoms with Gasteiger partial charge in [-0.3, -0.25) is 0 Å². The summed E-state index contributed by atoms with van der Waals surface area (Å²) in [6, 6.07) is 22.7. The number of hydrogen-bond donors (Lipinski definition) is 3. The number of nitriles is 1. The molecule has 3 aromatic carbocycles. The Balaban J connectivity index is 1.10. The highest BCUT2D eigenvalue weighted by molar-refractivity contribution is 7.89. The number of aliphatic hydroxyl groups is 1. The molecule has 0 amide bonds. The third-order valence-electron chi connectivity index (χ3n) is 8.35. The third kappa shape index (κ3) is 7.90. The van der Waals surface area contributed by atoms with Crippen LogP contribution in [-0.4, -0.2) is 83.9 Å². The van der Waals surface area contributed by atoms with E-state index in [1.807, 2.05) is 30.3 Å². The van der Waals surface area contributed by atoms with Crippen LogP contribution < -0.4 is 14.8 Å². The number of aliphatic hydroxyl groups excluding tert-OH is 1. The summed E-state index contributed by atoms with van der Waals surface area (Å²) in [5, 5.41) is 22.7. The number of rotatable bonds is 12. The van der Waals surface area contributed by atoms with Crippen molar-refractivity contribution in [1.82, 2.24) is 14.3 Å². The van der Waals surface area contributed by atoms with Gasteiger partial charge in [0.25, 0.3) is 0 Å². The van der Waals surface area contributed by atoms with Crippen LogP contribution in [0.5, 0.6) is 5.75 Å². The standard InChI is InChI=1S/C32H38N4O7S2/c1-34-44(38,39)30-6-3-5-29(19-30)42-23-28(37)21-35-27-20-32(43-22-27)13-16-36(17-14-32)45(40,41)31-7-2-4-26(18-31)25-10-8-24(9-11-25)12-15-33/h2-11,18-19,27-28,34-35,37H,12-14,16-17,20-23H2,1H3/t27-,28?/m0/s1. The quantitative estimate of drug-likeness (QED) is 0.267. The molecule has 45 heavy (non-hydrogen) atoms. The van der Waals surface area contributed by atoms with Crippen LogP contribution >= 0.6 is 0 Å². The summed E-state index contributed by atoms with van der Waals surface area (Å²) in [5.74, 6) is 0.340. The molecule has 0 aliphatic carbocycles. The van der Waals surface area contributed by atoms with E-state index in [9.17, 15) is 21.9 Å². The third-order valence-corrected chi connectivity index (χ3v) is 11.7. The van der Waals surface area contributed by atoms with E-state index in [-0.39, 0.29) is 29.0 Å². The Kier molecular flexibility index (Phi) is 10.2. The number of piperidine rings is 1. The van der Waals surface area contributed by atoms with E-state index in [4.69, 9.17) is 14.7 Å².